The molecule has 0 bridgehead atoms. The van der Waals surface area contributed by atoms with E-state index in [1.54, 1.807) is 11.0 Å². The smallest absolute Gasteiger partial charge is 0.259 e. The standard InChI is InChI=1S/C16H18N2O2/c1-2-3-11-18(14-7-5-4-6-8-14)16(20)13-9-10-15(19)17-12-13/h4-10,12H,2-3,11H2,1H3,(H,17,19). The molecule has 4 heteroatoms. The number of hydrogen-bond acceptors (Lipinski definition) is 2. The molecule has 0 aliphatic rings. The van der Waals surface area contributed by atoms with Gasteiger partial charge in [-0.2, -0.15) is 0 Å². The number of hydrogen-bond donors (Lipinski definition) is 1. The number of anilines is 1. The summed E-state index contributed by atoms with van der Waals surface area (Å²) >= 11 is 0. The van der Waals surface area contributed by atoms with Crippen LogP contribution in [-0.2, 0) is 0 Å². The summed E-state index contributed by atoms with van der Waals surface area (Å²) in [6.07, 6.45) is 3.42. The van der Waals surface area contributed by atoms with Gasteiger partial charge in [-0.25, -0.2) is 0 Å². The predicted molar refractivity (Wildman–Crippen MR) is 80.1 cm³/mol. The van der Waals surface area contributed by atoms with Gasteiger partial charge in [-0.15, -0.1) is 0 Å². The zero-order valence-electron chi connectivity index (χ0n) is 11.5. The van der Waals surface area contributed by atoms with E-state index in [0.717, 1.165) is 18.5 Å². The lowest BCUT2D eigenvalue weighted by molar-refractivity contribution is 0.0986. The first kappa shape index (κ1) is 14.1. The molecule has 0 aliphatic carbocycles. The maximum Gasteiger partial charge on any atom is 0.259 e. The van der Waals surface area contributed by atoms with Crippen molar-refractivity contribution in [3.8, 4) is 0 Å². The van der Waals surface area contributed by atoms with Gasteiger partial charge in [0.25, 0.3) is 5.91 Å². The first-order valence-corrected chi connectivity index (χ1v) is 6.78. The van der Waals surface area contributed by atoms with Gasteiger partial charge < -0.3 is 9.88 Å². The van der Waals surface area contributed by atoms with Crippen molar-refractivity contribution in [3.63, 3.8) is 0 Å². The number of pyridine rings is 1. The van der Waals surface area contributed by atoms with Crippen LogP contribution < -0.4 is 10.5 Å². The summed E-state index contributed by atoms with van der Waals surface area (Å²) in [5.41, 5.74) is 1.16. The van der Waals surface area contributed by atoms with Gasteiger partial charge >= 0.3 is 0 Å². The molecule has 0 radical (unpaired) electrons. The Morgan fingerprint density at radius 3 is 2.50 bits per heavy atom. The Hall–Kier alpha value is -2.36. The number of carbonyl (C=O) groups is 1. The van der Waals surface area contributed by atoms with E-state index in [4.69, 9.17) is 0 Å². The van der Waals surface area contributed by atoms with Gasteiger partial charge in [-0.05, 0) is 24.6 Å². The minimum Gasteiger partial charge on any atom is -0.328 e. The second-order valence-corrected chi connectivity index (χ2v) is 4.59. The molecule has 0 spiro atoms. The van der Waals surface area contributed by atoms with Crippen molar-refractivity contribution in [3.05, 3.63) is 64.6 Å². The zero-order chi connectivity index (χ0) is 14.4. The van der Waals surface area contributed by atoms with Crippen LogP contribution in [0.4, 0.5) is 5.69 Å². The summed E-state index contributed by atoms with van der Waals surface area (Å²) in [6.45, 7) is 2.76. The van der Waals surface area contributed by atoms with Crippen LogP contribution in [0.15, 0.2) is 53.5 Å². The Bertz CT molecular complexity index is 599. The number of amides is 1. The zero-order valence-corrected chi connectivity index (χ0v) is 11.5. The van der Waals surface area contributed by atoms with Gasteiger partial charge in [-0.1, -0.05) is 31.5 Å². The average molecular weight is 270 g/mol. The second-order valence-electron chi connectivity index (χ2n) is 4.59. The molecule has 0 saturated carbocycles. The minimum absolute atomic E-state index is 0.0964. The van der Waals surface area contributed by atoms with Crippen LogP contribution in [0.3, 0.4) is 0 Å². The Morgan fingerprint density at radius 1 is 1.15 bits per heavy atom. The lowest BCUT2D eigenvalue weighted by atomic mass is 10.2. The molecule has 20 heavy (non-hydrogen) atoms. The lowest BCUT2D eigenvalue weighted by Crippen LogP contribution is -2.32. The third-order valence-corrected chi connectivity index (χ3v) is 3.08. The molecule has 1 N–H and O–H groups in total. The third-order valence-electron chi connectivity index (χ3n) is 3.08. The van der Waals surface area contributed by atoms with Gasteiger partial charge in [0.15, 0.2) is 0 Å². The molecule has 1 amide bonds. The number of nitrogens with zero attached hydrogens (tertiary/aromatic N) is 1. The summed E-state index contributed by atoms with van der Waals surface area (Å²) in [4.78, 5) is 27.9. The number of H-pyrrole nitrogens is 1. The van der Waals surface area contributed by atoms with E-state index in [9.17, 15) is 9.59 Å². The minimum atomic E-state index is -0.207. The highest BCUT2D eigenvalue weighted by Crippen LogP contribution is 2.17. The van der Waals surface area contributed by atoms with Gasteiger partial charge in [0.2, 0.25) is 5.56 Å². The van der Waals surface area contributed by atoms with Gasteiger partial charge in [0, 0.05) is 24.5 Å². The Balaban J connectivity index is 2.28. The molecule has 2 aromatic rings. The van der Waals surface area contributed by atoms with Crippen LogP contribution >= 0.6 is 0 Å². The molecular weight excluding hydrogens is 252 g/mol. The van der Waals surface area contributed by atoms with Gasteiger partial charge in [0.1, 0.15) is 0 Å². The van der Waals surface area contributed by atoms with E-state index in [-0.39, 0.29) is 11.5 Å². The molecule has 0 aliphatic heterocycles. The number of nitrogens with one attached hydrogen (secondary N) is 1. The van der Waals surface area contributed by atoms with E-state index in [1.807, 2.05) is 30.3 Å². The summed E-state index contributed by atoms with van der Waals surface area (Å²) < 4.78 is 0. The molecule has 0 fully saturated rings. The monoisotopic (exact) mass is 270 g/mol. The number of aromatic amines is 1. The van der Waals surface area contributed by atoms with Crippen molar-refractivity contribution in [2.45, 2.75) is 19.8 Å². The number of unbranched alkanes of at least 4 members (excludes halogenated alkanes) is 1. The SMILES string of the molecule is CCCCN(C(=O)c1ccc(=O)[nH]c1)c1ccccc1. The van der Waals surface area contributed by atoms with Crippen LogP contribution in [-0.4, -0.2) is 17.4 Å². The molecule has 0 unspecified atom stereocenters. The molecule has 1 heterocycles. The Kier molecular flexibility index (Phi) is 4.71. The fourth-order valence-corrected chi connectivity index (χ4v) is 1.97. The largest absolute Gasteiger partial charge is 0.328 e. The lowest BCUT2D eigenvalue weighted by Gasteiger charge is -2.22. The molecule has 1 aromatic carbocycles. The molecule has 0 atom stereocenters. The highest BCUT2D eigenvalue weighted by atomic mass is 16.2. The van der Waals surface area contributed by atoms with Crippen molar-refractivity contribution >= 4 is 11.6 Å². The maximum absolute atomic E-state index is 12.6. The normalized spacial score (nSPS) is 10.2. The van der Waals surface area contributed by atoms with Crippen molar-refractivity contribution in [1.82, 2.24) is 4.98 Å². The van der Waals surface area contributed by atoms with Crippen molar-refractivity contribution < 1.29 is 4.79 Å². The quantitative estimate of drug-likeness (QED) is 0.908. The van der Waals surface area contributed by atoms with Crippen LogP contribution in [0.25, 0.3) is 0 Å². The van der Waals surface area contributed by atoms with Gasteiger partial charge in [0.05, 0.1) is 5.56 Å². The van der Waals surface area contributed by atoms with Crippen LogP contribution in [0.1, 0.15) is 30.1 Å². The molecule has 104 valence electrons. The molecule has 1 aromatic heterocycles. The Morgan fingerprint density at radius 2 is 1.90 bits per heavy atom. The van der Waals surface area contributed by atoms with E-state index >= 15 is 0 Å². The third kappa shape index (κ3) is 3.35. The predicted octanol–water partition coefficient (Wildman–Crippen LogP) is 2.82. The van der Waals surface area contributed by atoms with Crippen molar-refractivity contribution in [1.29, 1.82) is 0 Å². The summed E-state index contributed by atoms with van der Waals surface area (Å²) in [7, 11) is 0. The number of para-hydroxylation sites is 1. The molecule has 2 rings (SSSR count). The maximum atomic E-state index is 12.6. The second kappa shape index (κ2) is 6.70. The van der Waals surface area contributed by atoms with Crippen LogP contribution in [0, 0.1) is 0 Å². The number of carbonyl (C=O) groups excluding carboxylic acids is 1. The van der Waals surface area contributed by atoms with E-state index in [0.29, 0.717) is 12.1 Å². The fourth-order valence-electron chi connectivity index (χ4n) is 1.97. The van der Waals surface area contributed by atoms with Crippen molar-refractivity contribution in [2.24, 2.45) is 0 Å². The topological polar surface area (TPSA) is 53.2 Å². The molecule has 4 nitrogen and oxygen atoms in total. The summed E-state index contributed by atoms with van der Waals surface area (Å²) in [5, 5.41) is 0. The molecular formula is C16H18N2O2. The highest BCUT2D eigenvalue weighted by molar-refractivity contribution is 6.05. The first-order valence-electron chi connectivity index (χ1n) is 6.78. The molecule has 0 saturated heterocycles. The van der Waals surface area contributed by atoms with Gasteiger partial charge in [-0.3, -0.25) is 9.59 Å². The number of rotatable bonds is 5. The Labute approximate surface area is 118 Å². The number of aromatic nitrogens is 1. The van der Waals surface area contributed by atoms with E-state index < -0.39 is 0 Å². The summed E-state index contributed by atoms with van der Waals surface area (Å²) in [6, 6.07) is 12.5. The summed E-state index contributed by atoms with van der Waals surface area (Å²) in [5.74, 6) is -0.0964. The van der Waals surface area contributed by atoms with Crippen LogP contribution in [0.2, 0.25) is 0 Å². The highest BCUT2D eigenvalue weighted by Gasteiger charge is 2.16. The van der Waals surface area contributed by atoms with E-state index in [1.165, 1.54) is 12.3 Å². The fraction of sp³-hybridized carbons (Fsp3) is 0.250. The van der Waals surface area contributed by atoms with E-state index in [2.05, 4.69) is 11.9 Å². The first-order chi connectivity index (χ1) is 9.72. The average Bonchev–Trinajstić information content (AvgIpc) is 2.49. The number of benzene rings is 1. The van der Waals surface area contributed by atoms with Crippen LogP contribution in [0.5, 0.6) is 0 Å². The van der Waals surface area contributed by atoms with Crippen molar-refractivity contribution in [2.75, 3.05) is 11.4 Å².